The number of H-pyrrole nitrogens is 1. The Morgan fingerprint density at radius 2 is 2.33 bits per heavy atom. The van der Waals surface area contributed by atoms with E-state index >= 15 is 0 Å². The van der Waals surface area contributed by atoms with Crippen LogP contribution in [0.5, 0.6) is 0 Å². The summed E-state index contributed by atoms with van der Waals surface area (Å²) in [6.45, 7) is 2.05. The SMILES string of the molecule is CC(Nc1ccncc1N)c1cn[nH]c1. The zero-order valence-corrected chi connectivity index (χ0v) is 8.44. The molecule has 0 aliphatic carbocycles. The average Bonchev–Trinajstić information content (AvgIpc) is 2.74. The summed E-state index contributed by atoms with van der Waals surface area (Å²) in [5, 5.41) is 9.96. The van der Waals surface area contributed by atoms with Crippen molar-refractivity contribution >= 4 is 11.4 Å². The number of aromatic amines is 1. The molecule has 15 heavy (non-hydrogen) atoms. The second-order valence-electron chi connectivity index (χ2n) is 3.36. The minimum absolute atomic E-state index is 0.161. The fourth-order valence-corrected chi connectivity index (χ4v) is 1.35. The molecular weight excluding hydrogens is 190 g/mol. The summed E-state index contributed by atoms with van der Waals surface area (Å²) < 4.78 is 0. The molecule has 78 valence electrons. The van der Waals surface area contributed by atoms with Gasteiger partial charge in [-0.1, -0.05) is 0 Å². The summed E-state index contributed by atoms with van der Waals surface area (Å²) in [5.41, 5.74) is 8.40. The maximum absolute atomic E-state index is 5.77. The Bertz CT molecular complexity index is 423. The van der Waals surface area contributed by atoms with Crippen LogP contribution in [-0.4, -0.2) is 15.2 Å². The van der Waals surface area contributed by atoms with Crippen molar-refractivity contribution in [3.05, 3.63) is 36.4 Å². The first kappa shape index (κ1) is 9.51. The van der Waals surface area contributed by atoms with Crippen molar-refractivity contribution in [2.75, 3.05) is 11.1 Å². The molecule has 0 amide bonds. The van der Waals surface area contributed by atoms with Crippen LogP contribution in [0.1, 0.15) is 18.5 Å². The summed E-state index contributed by atoms with van der Waals surface area (Å²) >= 11 is 0. The van der Waals surface area contributed by atoms with E-state index < -0.39 is 0 Å². The molecule has 0 saturated heterocycles. The van der Waals surface area contributed by atoms with E-state index in [1.54, 1.807) is 18.6 Å². The molecule has 0 aliphatic rings. The van der Waals surface area contributed by atoms with Gasteiger partial charge in [0.15, 0.2) is 0 Å². The van der Waals surface area contributed by atoms with Gasteiger partial charge in [0.25, 0.3) is 0 Å². The van der Waals surface area contributed by atoms with Crippen molar-refractivity contribution in [1.29, 1.82) is 0 Å². The van der Waals surface area contributed by atoms with Crippen LogP contribution >= 0.6 is 0 Å². The molecule has 2 rings (SSSR count). The molecule has 2 heterocycles. The molecule has 1 unspecified atom stereocenters. The average molecular weight is 203 g/mol. The smallest absolute Gasteiger partial charge is 0.0736 e. The number of hydrogen-bond acceptors (Lipinski definition) is 4. The number of anilines is 2. The number of aromatic nitrogens is 3. The number of nitrogens with one attached hydrogen (secondary N) is 2. The highest BCUT2D eigenvalue weighted by atomic mass is 15.1. The first-order chi connectivity index (χ1) is 7.27. The van der Waals surface area contributed by atoms with Gasteiger partial charge >= 0.3 is 0 Å². The Hall–Kier alpha value is -2.04. The van der Waals surface area contributed by atoms with E-state index in [0.717, 1.165) is 11.3 Å². The van der Waals surface area contributed by atoms with Crippen molar-refractivity contribution in [3.8, 4) is 0 Å². The quantitative estimate of drug-likeness (QED) is 0.707. The minimum Gasteiger partial charge on any atom is -0.396 e. The second-order valence-corrected chi connectivity index (χ2v) is 3.36. The highest BCUT2D eigenvalue weighted by Gasteiger charge is 2.07. The van der Waals surface area contributed by atoms with Gasteiger partial charge in [0.05, 0.1) is 29.8 Å². The van der Waals surface area contributed by atoms with E-state index in [4.69, 9.17) is 5.73 Å². The summed E-state index contributed by atoms with van der Waals surface area (Å²) in [6, 6.07) is 2.01. The van der Waals surface area contributed by atoms with Gasteiger partial charge in [0.1, 0.15) is 0 Å². The number of rotatable bonds is 3. The van der Waals surface area contributed by atoms with Gasteiger partial charge < -0.3 is 11.1 Å². The molecule has 0 radical (unpaired) electrons. The van der Waals surface area contributed by atoms with Crippen LogP contribution in [0, 0.1) is 0 Å². The van der Waals surface area contributed by atoms with Gasteiger partial charge in [0, 0.05) is 18.0 Å². The van der Waals surface area contributed by atoms with Gasteiger partial charge in [-0.15, -0.1) is 0 Å². The summed E-state index contributed by atoms with van der Waals surface area (Å²) in [4.78, 5) is 3.93. The van der Waals surface area contributed by atoms with E-state index in [2.05, 4.69) is 20.5 Å². The molecule has 1 atom stereocenters. The largest absolute Gasteiger partial charge is 0.396 e. The normalized spacial score (nSPS) is 12.3. The first-order valence-electron chi connectivity index (χ1n) is 4.72. The lowest BCUT2D eigenvalue weighted by atomic mass is 10.2. The fraction of sp³-hybridized carbons (Fsp3) is 0.200. The molecule has 0 bridgehead atoms. The Balaban J connectivity index is 2.13. The molecule has 0 aromatic carbocycles. The van der Waals surface area contributed by atoms with E-state index in [9.17, 15) is 0 Å². The van der Waals surface area contributed by atoms with Crippen LogP contribution in [0.15, 0.2) is 30.9 Å². The van der Waals surface area contributed by atoms with E-state index in [1.165, 1.54) is 0 Å². The number of pyridine rings is 1. The molecule has 4 N–H and O–H groups in total. The highest BCUT2D eigenvalue weighted by Crippen LogP contribution is 2.22. The standard InChI is InChI=1S/C10H13N5/c1-7(8-4-13-14-5-8)15-10-2-3-12-6-9(10)11/h2-7H,11H2,1H3,(H,12,15)(H,13,14). The molecule has 0 fully saturated rings. The van der Waals surface area contributed by atoms with Gasteiger partial charge in [-0.05, 0) is 13.0 Å². The van der Waals surface area contributed by atoms with Crippen LogP contribution in [0.3, 0.4) is 0 Å². The minimum atomic E-state index is 0.161. The molecule has 2 aromatic heterocycles. The molecule has 5 nitrogen and oxygen atoms in total. The van der Waals surface area contributed by atoms with Crippen molar-refractivity contribution < 1.29 is 0 Å². The summed E-state index contributed by atoms with van der Waals surface area (Å²) in [7, 11) is 0. The zero-order chi connectivity index (χ0) is 10.7. The topological polar surface area (TPSA) is 79.6 Å². The lowest BCUT2D eigenvalue weighted by Crippen LogP contribution is -2.07. The van der Waals surface area contributed by atoms with Crippen LogP contribution in [0.4, 0.5) is 11.4 Å². The van der Waals surface area contributed by atoms with Crippen molar-refractivity contribution in [2.24, 2.45) is 0 Å². The van der Waals surface area contributed by atoms with Crippen molar-refractivity contribution in [3.63, 3.8) is 0 Å². The maximum atomic E-state index is 5.77. The molecule has 0 spiro atoms. The van der Waals surface area contributed by atoms with Crippen LogP contribution in [0.25, 0.3) is 0 Å². The predicted octanol–water partition coefficient (Wildman–Crippen LogP) is 1.56. The Kier molecular flexibility index (Phi) is 2.53. The molecule has 5 heteroatoms. The van der Waals surface area contributed by atoms with Gasteiger partial charge in [0.2, 0.25) is 0 Å². The Morgan fingerprint density at radius 3 is 3.00 bits per heavy atom. The third-order valence-electron chi connectivity index (χ3n) is 2.24. The summed E-state index contributed by atoms with van der Waals surface area (Å²) in [5.74, 6) is 0. The molecule has 0 aliphatic heterocycles. The van der Waals surface area contributed by atoms with Crippen molar-refractivity contribution in [2.45, 2.75) is 13.0 Å². The van der Waals surface area contributed by atoms with Crippen molar-refractivity contribution in [1.82, 2.24) is 15.2 Å². The zero-order valence-electron chi connectivity index (χ0n) is 8.44. The first-order valence-corrected chi connectivity index (χ1v) is 4.72. The summed E-state index contributed by atoms with van der Waals surface area (Å²) in [6.07, 6.45) is 6.98. The monoisotopic (exact) mass is 203 g/mol. The van der Waals surface area contributed by atoms with Crippen LogP contribution < -0.4 is 11.1 Å². The van der Waals surface area contributed by atoms with E-state index in [-0.39, 0.29) is 6.04 Å². The second kappa shape index (κ2) is 4.00. The number of nitrogen functional groups attached to an aromatic ring is 1. The highest BCUT2D eigenvalue weighted by molar-refractivity contribution is 5.64. The van der Waals surface area contributed by atoms with E-state index in [1.807, 2.05) is 19.2 Å². The van der Waals surface area contributed by atoms with Gasteiger partial charge in [-0.25, -0.2) is 0 Å². The maximum Gasteiger partial charge on any atom is 0.0736 e. The molecule has 2 aromatic rings. The molecular formula is C10H13N5. The van der Waals surface area contributed by atoms with Gasteiger partial charge in [-0.2, -0.15) is 5.10 Å². The lowest BCUT2D eigenvalue weighted by Gasteiger charge is -2.14. The number of nitrogens with two attached hydrogens (primary N) is 1. The van der Waals surface area contributed by atoms with Crippen LogP contribution in [-0.2, 0) is 0 Å². The fourth-order valence-electron chi connectivity index (χ4n) is 1.35. The Labute approximate surface area is 87.7 Å². The van der Waals surface area contributed by atoms with Gasteiger partial charge in [-0.3, -0.25) is 10.1 Å². The number of hydrogen-bond donors (Lipinski definition) is 3. The predicted molar refractivity (Wildman–Crippen MR) is 59.3 cm³/mol. The Morgan fingerprint density at radius 1 is 1.47 bits per heavy atom. The lowest BCUT2D eigenvalue weighted by molar-refractivity contribution is 0.886. The van der Waals surface area contributed by atoms with Crippen LogP contribution in [0.2, 0.25) is 0 Å². The third kappa shape index (κ3) is 2.07. The molecule has 0 saturated carbocycles. The van der Waals surface area contributed by atoms with E-state index in [0.29, 0.717) is 5.69 Å². The third-order valence-corrected chi connectivity index (χ3v) is 2.24. The number of nitrogens with zero attached hydrogens (tertiary/aromatic N) is 2.